The molecule has 0 aliphatic heterocycles. The molecule has 2 aromatic rings. The first-order valence-electron chi connectivity index (χ1n) is 6.93. The van der Waals surface area contributed by atoms with Gasteiger partial charge in [-0.1, -0.05) is 18.7 Å². The summed E-state index contributed by atoms with van der Waals surface area (Å²) >= 11 is 1.41. The van der Waals surface area contributed by atoms with Crippen LogP contribution in [0.15, 0.2) is 9.95 Å². The zero-order valence-corrected chi connectivity index (χ0v) is 13.9. The minimum absolute atomic E-state index is 0.116. The third kappa shape index (κ3) is 3.56. The molecule has 2 heterocycles. The molecule has 0 amide bonds. The maximum absolute atomic E-state index is 11.7. The molecule has 0 aliphatic rings. The number of nitrogen functional groups attached to an aromatic ring is 1. The average molecular weight is 324 g/mol. The molecule has 2 rings (SSSR count). The van der Waals surface area contributed by atoms with Crippen LogP contribution < -0.4 is 16.3 Å². The fraction of sp³-hybridized carbons (Fsp3) is 0.583. The number of thioether (sulfide) groups is 1. The van der Waals surface area contributed by atoms with Gasteiger partial charge in [-0.15, -0.1) is 5.10 Å². The van der Waals surface area contributed by atoms with E-state index in [1.807, 2.05) is 27.9 Å². The average Bonchev–Trinajstić information content (AvgIpc) is 2.80. The number of hydrogen-bond donors (Lipinski definition) is 2. The van der Waals surface area contributed by atoms with E-state index in [9.17, 15) is 4.79 Å². The summed E-state index contributed by atoms with van der Waals surface area (Å²) in [7, 11) is 3.67. The number of aromatic nitrogens is 6. The Morgan fingerprint density at radius 1 is 1.36 bits per heavy atom. The zero-order valence-electron chi connectivity index (χ0n) is 13.1. The Morgan fingerprint density at radius 2 is 2.09 bits per heavy atom. The van der Waals surface area contributed by atoms with Crippen molar-refractivity contribution >= 4 is 23.7 Å². The first-order valence-corrected chi connectivity index (χ1v) is 7.81. The summed E-state index contributed by atoms with van der Waals surface area (Å²) in [5.41, 5.74) is 5.53. The topological polar surface area (TPSA) is 119 Å². The number of nitrogens with zero attached hydrogens (tertiary/aromatic N) is 6. The Kier molecular flexibility index (Phi) is 5.01. The molecule has 0 aromatic carbocycles. The second-order valence-corrected chi connectivity index (χ2v) is 6.28. The van der Waals surface area contributed by atoms with Gasteiger partial charge in [0.15, 0.2) is 5.16 Å². The smallest absolute Gasteiger partial charge is 0.343 e. The largest absolute Gasteiger partial charge is 0.368 e. The fourth-order valence-electron chi connectivity index (χ4n) is 1.80. The van der Waals surface area contributed by atoms with Crippen molar-refractivity contribution in [3.63, 3.8) is 0 Å². The molecule has 0 unspecified atom stereocenters. The van der Waals surface area contributed by atoms with Gasteiger partial charge in [0.1, 0.15) is 5.82 Å². The number of aromatic amines is 1. The molecule has 10 heteroatoms. The first-order chi connectivity index (χ1) is 10.4. The van der Waals surface area contributed by atoms with Crippen LogP contribution in [0.1, 0.15) is 31.3 Å². The highest BCUT2D eigenvalue weighted by Gasteiger charge is 2.18. The second-order valence-electron chi connectivity index (χ2n) is 4.97. The highest BCUT2D eigenvalue weighted by Crippen LogP contribution is 2.31. The predicted octanol–water partition coefficient (Wildman–Crippen LogP) is 0.668. The lowest BCUT2D eigenvalue weighted by atomic mass is 10.4. The standard InChI is InChI=1S/C12H20N8OS/c1-5-6-20-11(21)17-18-12(20)22-7(2)8-14-9(13)16-10(15-8)19(3)4/h7H,5-6H2,1-4H3,(H,17,21)(H2,13,14,15,16)/t7-/m0/s1. The molecule has 0 bridgehead atoms. The first kappa shape index (κ1) is 16.3. The van der Waals surface area contributed by atoms with Crippen LogP contribution in [0, 0.1) is 0 Å². The van der Waals surface area contributed by atoms with Crippen LogP contribution in [0.4, 0.5) is 11.9 Å². The highest BCUT2D eigenvalue weighted by molar-refractivity contribution is 7.99. The summed E-state index contributed by atoms with van der Waals surface area (Å²) in [5.74, 6) is 1.23. The van der Waals surface area contributed by atoms with Crippen LogP contribution >= 0.6 is 11.8 Å². The van der Waals surface area contributed by atoms with Gasteiger partial charge >= 0.3 is 5.69 Å². The number of nitrogens with two attached hydrogens (primary N) is 1. The van der Waals surface area contributed by atoms with Crippen LogP contribution in [-0.4, -0.2) is 43.8 Å². The van der Waals surface area contributed by atoms with Crippen molar-refractivity contribution in [3.05, 3.63) is 16.3 Å². The normalized spacial score (nSPS) is 12.4. The van der Waals surface area contributed by atoms with E-state index in [0.717, 1.165) is 6.42 Å². The van der Waals surface area contributed by atoms with Crippen molar-refractivity contribution in [3.8, 4) is 0 Å². The lowest BCUT2D eigenvalue weighted by molar-refractivity contribution is 0.602. The molecule has 0 saturated heterocycles. The lowest BCUT2D eigenvalue weighted by Crippen LogP contribution is -2.18. The molecule has 0 saturated carbocycles. The van der Waals surface area contributed by atoms with Crippen molar-refractivity contribution in [2.75, 3.05) is 24.7 Å². The number of H-pyrrole nitrogens is 1. The summed E-state index contributed by atoms with van der Waals surface area (Å²) in [6.45, 7) is 4.56. The van der Waals surface area contributed by atoms with E-state index in [4.69, 9.17) is 5.73 Å². The van der Waals surface area contributed by atoms with E-state index < -0.39 is 0 Å². The van der Waals surface area contributed by atoms with Gasteiger partial charge in [-0.2, -0.15) is 15.0 Å². The molecule has 120 valence electrons. The molecular formula is C12H20N8OS. The predicted molar refractivity (Wildman–Crippen MR) is 86.0 cm³/mol. The third-order valence-electron chi connectivity index (χ3n) is 2.87. The Balaban J connectivity index is 2.26. The molecular weight excluding hydrogens is 304 g/mol. The third-order valence-corrected chi connectivity index (χ3v) is 3.96. The minimum atomic E-state index is -0.208. The van der Waals surface area contributed by atoms with E-state index in [2.05, 4.69) is 25.1 Å². The van der Waals surface area contributed by atoms with Crippen LogP contribution in [0.5, 0.6) is 0 Å². The maximum Gasteiger partial charge on any atom is 0.343 e. The van der Waals surface area contributed by atoms with Gasteiger partial charge in [-0.25, -0.2) is 9.89 Å². The van der Waals surface area contributed by atoms with Gasteiger partial charge in [0.05, 0.1) is 5.25 Å². The van der Waals surface area contributed by atoms with Gasteiger partial charge in [0.2, 0.25) is 11.9 Å². The maximum atomic E-state index is 11.7. The van der Waals surface area contributed by atoms with Crippen molar-refractivity contribution in [2.45, 2.75) is 37.2 Å². The van der Waals surface area contributed by atoms with E-state index in [0.29, 0.717) is 23.5 Å². The van der Waals surface area contributed by atoms with Gasteiger partial charge in [0.25, 0.3) is 0 Å². The van der Waals surface area contributed by atoms with E-state index in [1.165, 1.54) is 11.8 Å². The van der Waals surface area contributed by atoms with Crippen molar-refractivity contribution in [2.24, 2.45) is 0 Å². The summed E-state index contributed by atoms with van der Waals surface area (Å²) in [6, 6.07) is 0. The summed E-state index contributed by atoms with van der Waals surface area (Å²) in [4.78, 5) is 26.1. The Morgan fingerprint density at radius 3 is 2.73 bits per heavy atom. The zero-order chi connectivity index (χ0) is 16.3. The summed E-state index contributed by atoms with van der Waals surface area (Å²) < 4.78 is 1.61. The van der Waals surface area contributed by atoms with Crippen LogP contribution in [-0.2, 0) is 6.54 Å². The molecule has 22 heavy (non-hydrogen) atoms. The molecule has 0 aliphatic carbocycles. The van der Waals surface area contributed by atoms with Gasteiger partial charge < -0.3 is 10.6 Å². The molecule has 3 N–H and O–H groups in total. The van der Waals surface area contributed by atoms with E-state index in [1.54, 1.807) is 9.47 Å². The van der Waals surface area contributed by atoms with Crippen LogP contribution in [0.3, 0.4) is 0 Å². The molecule has 1 atom stereocenters. The van der Waals surface area contributed by atoms with Crippen LogP contribution in [0.25, 0.3) is 0 Å². The van der Waals surface area contributed by atoms with Gasteiger partial charge in [0, 0.05) is 20.6 Å². The van der Waals surface area contributed by atoms with E-state index in [-0.39, 0.29) is 16.9 Å². The molecule has 9 nitrogen and oxygen atoms in total. The molecule has 0 spiro atoms. The van der Waals surface area contributed by atoms with Crippen molar-refractivity contribution < 1.29 is 0 Å². The van der Waals surface area contributed by atoms with Gasteiger partial charge in [-0.05, 0) is 13.3 Å². The monoisotopic (exact) mass is 324 g/mol. The minimum Gasteiger partial charge on any atom is -0.368 e. The lowest BCUT2D eigenvalue weighted by Gasteiger charge is -2.14. The Bertz CT molecular complexity index is 695. The molecule has 2 aromatic heterocycles. The number of nitrogens with one attached hydrogen (secondary N) is 1. The number of rotatable bonds is 6. The summed E-state index contributed by atoms with van der Waals surface area (Å²) in [5, 5.41) is 7.03. The van der Waals surface area contributed by atoms with Crippen LogP contribution in [0.2, 0.25) is 0 Å². The molecule has 0 radical (unpaired) electrons. The van der Waals surface area contributed by atoms with Gasteiger partial charge in [-0.3, -0.25) is 4.57 Å². The number of anilines is 2. The van der Waals surface area contributed by atoms with E-state index >= 15 is 0 Å². The Labute approximate surface area is 132 Å². The molecule has 0 fully saturated rings. The SMILES string of the molecule is CCCn1c(S[C@@H](C)c2nc(N)nc(N(C)C)n2)n[nH]c1=O. The quantitative estimate of drug-likeness (QED) is 0.744. The van der Waals surface area contributed by atoms with Crippen molar-refractivity contribution in [1.29, 1.82) is 0 Å². The highest BCUT2D eigenvalue weighted by atomic mass is 32.2. The summed E-state index contributed by atoms with van der Waals surface area (Å²) in [6.07, 6.45) is 0.852. The number of hydrogen-bond acceptors (Lipinski definition) is 8. The van der Waals surface area contributed by atoms with Crippen molar-refractivity contribution in [1.82, 2.24) is 29.7 Å². The fourth-order valence-corrected chi connectivity index (χ4v) is 2.73. The Hall–Kier alpha value is -2.10. The second kappa shape index (κ2) is 6.77.